The number of carbonyl (C=O) groups excluding carboxylic acids is 2. The van der Waals surface area contributed by atoms with Gasteiger partial charge in [-0.25, -0.2) is 0 Å². The minimum absolute atomic E-state index is 0.0816. The number of likely N-dealkylation sites (tertiary alicyclic amines) is 1. The average molecular weight is 380 g/mol. The van der Waals surface area contributed by atoms with Gasteiger partial charge in [0.15, 0.2) is 0 Å². The molecule has 0 spiro atoms. The molecule has 2 aromatic carbocycles. The van der Waals surface area contributed by atoms with Crippen LogP contribution in [0.25, 0.3) is 0 Å². The molecular formula is C23H29N3O2. The topological polar surface area (TPSA) is 61.4 Å². The van der Waals surface area contributed by atoms with E-state index >= 15 is 0 Å². The van der Waals surface area contributed by atoms with Gasteiger partial charge in [0.25, 0.3) is 5.91 Å². The molecule has 1 saturated heterocycles. The van der Waals surface area contributed by atoms with Gasteiger partial charge in [-0.1, -0.05) is 43.2 Å². The highest BCUT2D eigenvalue weighted by molar-refractivity contribution is 5.96. The van der Waals surface area contributed by atoms with Crippen molar-refractivity contribution < 1.29 is 9.59 Å². The number of nitrogens with zero attached hydrogens (tertiary/aromatic N) is 1. The minimum Gasteiger partial charge on any atom is -0.339 e. The summed E-state index contributed by atoms with van der Waals surface area (Å²) in [5.41, 5.74) is 2.52. The van der Waals surface area contributed by atoms with Crippen molar-refractivity contribution in [2.24, 2.45) is 0 Å². The van der Waals surface area contributed by atoms with E-state index in [9.17, 15) is 9.59 Å². The fourth-order valence-corrected chi connectivity index (χ4v) is 3.46. The lowest BCUT2D eigenvalue weighted by Gasteiger charge is -2.20. The summed E-state index contributed by atoms with van der Waals surface area (Å²) in [6.07, 6.45) is 4.56. The summed E-state index contributed by atoms with van der Waals surface area (Å²) in [5.74, 6) is -0.0208. The van der Waals surface area contributed by atoms with Crippen molar-refractivity contribution >= 4 is 17.5 Å². The number of hydrogen-bond donors (Lipinski definition) is 2. The van der Waals surface area contributed by atoms with Crippen molar-refractivity contribution in [1.82, 2.24) is 10.2 Å². The maximum Gasteiger partial charge on any atom is 0.253 e. The van der Waals surface area contributed by atoms with Crippen LogP contribution < -0.4 is 10.6 Å². The lowest BCUT2D eigenvalue weighted by atomic mass is 10.1. The van der Waals surface area contributed by atoms with Crippen molar-refractivity contribution in [3.05, 3.63) is 65.7 Å². The highest BCUT2D eigenvalue weighted by Crippen LogP contribution is 2.16. The first-order valence-electron chi connectivity index (χ1n) is 10.1. The Hall–Kier alpha value is -2.66. The van der Waals surface area contributed by atoms with Crippen LogP contribution in [-0.2, 0) is 4.79 Å². The molecular weight excluding hydrogens is 350 g/mol. The van der Waals surface area contributed by atoms with E-state index in [4.69, 9.17) is 0 Å². The molecule has 0 bridgehead atoms. The van der Waals surface area contributed by atoms with Crippen LogP contribution in [0.2, 0.25) is 0 Å². The molecule has 1 heterocycles. The lowest BCUT2D eigenvalue weighted by Crippen LogP contribution is -2.32. The third-order valence-electron chi connectivity index (χ3n) is 5.18. The zero-order valence-electron chi connectivity index (χ0n) is 16.5. The number of benzene rings is 2. The maximum atomic E-state index is 12.6. The van der Waals surface area contributed by atoms with E-state index in [1.807, 2.05) is 42.2 Å². The van der Waals surface area contributed by atoms with E-state index in [-0.39, 0.29) is 24.4 Å². The second-order valence-electron chi connectivity index (χ2n) is 7.35. The van der Waals surface area contributed by atoms with Crippen LogP contribution in [0.3, 0.4) is 0 Å². The highest BCUT2D eigenvalue weighted by atomic mass is 16.2. The Balaban J connectivity index is 1.49. The van der Waals surface area contributed by atoms with E-state index in [2.05, 4.69) is 10.6 Å². The van der Waals surface area contributed by atoms with Gasteiger partial charge in [-0.2, -0.15) is 0 Å². The number of amides is 2. The molecule has 0 aliphatic carbocycles. The van der Waals surface area contributed by atoms with E-state index in [0.717, 1.165) is 31.5 Å². The standard InChI is InChI=1S/C23H29N3O2/c1-18(19-9-5-4-6-10-19)24-17-22(27)25-21-13-11-20(12-14-21)23(28)26-15-7-2-3-8-16-26/h4-6,9-14,18,24H,2-3,7-8,15-17H2,1H3,(H,25,27). The van der Waals surface area contributed by atoms with E-state index < -0.39 is 0 Å². The summed E-state index contributed by atoms with van der Waals surface area (Å²) in [4.78, 5) is 26.8. The number of nitrogens with one attached hydrogen (secondary N) is 2. The van der Waals surface area contributed by atoms with Crippen molar-refractivity contribution in [3.63, 3.8) is 0 Å². The Kier molecular flexibility index (Phi) is 7.20. The maximum absolute atomic E-state index is 12.6. The second-order valence-corrected chi connectivity index (χ2v) is 7.35. The monoisotopic (exact) mass is 379 g/mol. The van der Waals surface area contributed by atoms with Gasteiger partial charge in [-0.15, -0.1) is 0 Å². The quantitative estimate of drug-likeness (QED) is 0.798. The molecule has 28 heavy (non-hydrogen) atoms. The zero-order valence-corrected chi connectivity index (χ0v) is 16.5. The van der Waals surface area contributed by atoms with Gasteiger partial charge in [-0.3, -0.25) is 9.59 Å². The predicted octanol–water partition coefficient (Wildman–Crippen LogP) is 3.99. The van der Waals surface area contributed by atoms with Crippen LogP contribution in [-0.4, -0.2) is 36.3 Å². The van der Waals surface area contributed by atoms with Crippen molar-refractivity contribution in [2.75, 3.05) is 25.0 Å². The Morgan fingerprint density at radius 2 is 1.57 bits per heavy atom. The van der Waals surface area contributed by atoms with Gasteiger partial charge in [0.2, 0.25) is 5.91 Å². The molecule has 0 radical (unpaired) electrons. The molecule has 1 unspecified atom stereocenters. The van der Waals surface area contributed by atoms with Crippen LogP contribution in [0.4, 0.5) is 5.69 Å². The molecule has 2 amide bonds. The summed E-state index contributed by atoms with van der Waals surface area (Å²) in [6.45, 7) is 3.93. The van der Waals surface area contributed by atoms with Gasteiger partial charge in [0, 0.05) is 30.4 Å². The van der Waals surface area contributed by atoms with Crippen molar-refractivity contribution in [1.29, 1.82) is 0 Å². The first-order valence-corrected chi connectivity index (χ1v) is 10.1. The first kappa shape index (κ1) is 20.1. The largest absolute Gasteiger partial charge is 0.339 e. The normalized spacial score (nSPS) is 15.5. The fraction of sp³-hybridized carbons (Fsp3) is 0.391. The SMILES string of the molecule is CC(NCC(=O)Nc1ccc(C(=O)N2CCCCCC2)cc1)c1ccccc1. The second kappa shape index (κ2) is 10.0. The van der Waals surface area contributed by atoms with Crippen molar-refractivity contribution in [2.45, 2.75) is 38.6 Å². The molecule has 148 valence electrons. The lowest BCUT2D eigenvalue weighted by molar-refractivity contribution is -0.115. The first-order chi connectivity index (χ1) is 13.6. The van der Waals surface area contributed by atoms with Gasteiger partial charge in [0.05, 0.1) is 6.54 Å². The van der Waals surface area contributed by atoms with E-state index in [0.29, 0.717) is 11.3 Å². The summed E-state index contributed by atoms with van der Waals surface area (Å²) < 4.78 is 0. The Labute approximate surface area is 167 Å². The molecule has 1 aliphatic heterocycles. The zero-order chi connectivity index (χ0) is 19.8. The van der Waals surface area contributed by atoms with Crippen LogP contribution >= 0.6 is 0 Å². The van der Waals surface area contributed by atoms with Crippen molar-refractivity contribution in [3.8, 4) is 0 Å². The summed E-state index contributed by atoms with van der Waals surface area (Å²) in [6, 6.07) is 17.3. The van der Waals surface area contributed by atoms with Gasteiger partial charge in [0.1, 0.15) is 0 Å². The number of hydrogen-bond acceptors (Lipinski definition) is 3. The number of carbonyl (C=O) groups is 2. The van der Waals surface area contributed by atoms with Crippen LogP contribution in [0, 0.1) is 0 Å². The summed E-state index contributed by atoms with van der Waals surface area (Å²) in [5, 5.41) is 6.10. The summed E-state index contributed by atoms with van der Waals surface area (Å²) >= 11 is 0. The molecule has 1 fully saturated rings. The molecule has 1 aliphatic rings. The average Bonchev–Trinajstić information content (AvgIpc) is 3.02. The van der Waals surface area contributed by atoms with Crippen LogP contribution in [0.15, 0.2) is 54.6 Å². The molecule has 0 aromatic heterocycles. The third kappa shape index (κ3) is 5.67. The molecule has 5 nitrogen and oxygen atoms in total. The number of rotatable bonds is 6. The smallest absolute Gasteiger partial charge is 0.253 e. The van der Waals surface area contributed by atoms with E-state index in [1.165, 1.54) is 12.8 Å². The molecule has 2 N–H and O–H groups in total. The Morgan fingerprint density at radius 3 is 2.21 bits per heavy atom. The Morgan fingerprint density at radius 1 is 0.929 bits per heavy atom. The molecule has 1 atom stereocenters. The molecule has 5 heteroatoms. The molecule has 0 saturated carbocycles. The number of anilines is 1. The summed E-state index contributed by atoms with van der Waals surface area (Å²) in [7, 11) is 0. The fourth-order valence-electron chi connectivity index (χ4n) is 3.46. The van der Waals surface area contributed by atoms with Gasteiger partial charge >= 0.3 is 0 Å². The molecule has 3 rings (SSSR count). The Bertz CT molecular complexity index is 766. The minimum atomic E-state index is -0.102. The molecule has 2 aromatic rings. The predicted molar refractivity (Wildman–Crippen MR) is 112 cm³/mol. The van der Waals surface area contributed by atoms with Gasteiger partial charge in [-0.05, 0) is 49.6 Å². The third-order valence-corrected chi connectivity index (χ3v) is 5.18. The highest BCUT2D eigenvalue weighted by Gasteiger charge is 2.17. The van der Waals surface area contributed by atoms with Gasteiger partial charge < -0.3 is 15.5 Å². The van der Waals surface area contributed by atoms with Crippen LogP contribution in [0.5, 0.6) is 0 Å². The van der Waals surface area contributed by atoms with E-state index in [1.54, 1.807) is 24.3 Å². The van der Waals surface area contributed by atoms with Crippen LogP contribution in [0.1, 0.15) is 54.6 Å².